The first-order chi connectivity index (χ1) is 11.3. The van der Waals surface area contributed by atoms with Crippen LogP contribution < -0.4 is 0 Å². The van der Waals surface area contributed by atoms with E-state index in [2.05, 4.69) is 37.3 Å². The van der Waals surface area contributed by atoms with Crippen molar-refractivity contribution in [1.82, 2.24) is 0 Å². The van der Waals surface area contributed by atoms with Gasteiger partial charge in [0.1, 0.15) is 11.1 Å². The van der Waals surface area contributed by atoms with Gasteiger partial charge in [-0.2, -0.15) is 5.26 Å². The van der Waals surface area contributed by atoms with Crippen molar-refractivity contribution < 1.29 is 0 Å². The maximum Gasteiger partial charge on any atom is 0.134 e. The molecule has 23 heavy (non-hydrogen) atoms. The fraction of sp³-hybridized carbons (Fsp3) is 0.400. The van der Waals surface area contributed by atoms with Gasteiger partial charge in [0.2, 0.25) is 0 Å². The van der Waals surface area contributed by atoms with Crippen molar-refractivity contribution in [2.75, 3.05) is 0 Å². The van der Waals surface area contributed by atoms with Crippen LogP contribution in [0, 0.1) is 11.3 Å². The summed E-state index contributed by atoms with van der Waals surface area (Å²) >= 11 is 1.73. The quantitative estimate of drug-likeness (QED) is 0.640. The molecule has 1 aromatic carbocycles. The minimum atomic E-state index is 0.828. The highest BCUT2D eigenvalue weighted by atomic mass is 32.1. The predicted octanol–water partition coefficient (Wildman–Crippen LogP) is 5.81. The van der Waals surface area contributed by atoms with Gasteiger partial charge in [-0.3, -0.25) is 0 Å². The Kier molecular flexibility index (Phi) is 5.25. The molecule has 1 heterocycles. The number of unbranched alkanes of at least 4 members (excludes halogenated alkanes) is 1. The molecule has 118 valence electrons. The SMILES string of the molecule is CCCCC(=Nc1sc2c(c1C#N)CCCC2)c1ccccc1. The van der Waals surface area contributed by atoms with Crippen molar-refractivity contribution in [3.63, 3.8) is 0 Å². The standard InChI is InChI=1S/C20H22N2S/c1-2-3-12-18(15-9-5-4-6-10-15)22-20-17(14-21)16-11-7-8-13-19(16)23-20/h4-6,9-10H,2-3,7-8,11-13H2,1H3. The Morgan fingerprint density at radius 3 is 2.74 bits per heavy atom. The van der Waals surface area contributed by atoms with E-state index in [0.717, 1.165) is 48.4 Å². The van der Waals surface area contributed by atoms with Crippen LogP contribution in [0.1, 0.15) is 60.6 Å². The highest BCUT2D eigenvalue weighted by molar-refractivity contribution is 7.16. The van der Waals surface area contributed by atoms with Crippen LogP contribution in [0.25, 0.3) is 0 Å². The second-order valence-electron chi connectivity index (χ2n) is 6.03. The smallest absolute Gasteiger partial charge is 0.134 e. The van der Waals surface area contributed by atoms with Gasteiger partial charge in [-0.05, 0) is 49.7 Å². The summed E-state index contributed by atoms with van der Waals surface area (Å²) in [6.45, 7) is 2.20. The molecule has 0 saturated heterocycles. The van der Waals surface area contributed by atoms with Crippen molar-refractivity contribution in [2.45, 2.75) is 51.9 Å². The topological polar surface area (TPSA) is 36.1 Å². The Hall–Kier alpha value is -1.92. The van der Waals surface area contributed by atoms with Crippen molar-refractivity contribution >= 4 is 22.0 Å². The zero-order valence-corrected chi connectivity index (χ0v) is 14.5. The molecule has 0 amide bonds. The van der Waals surface area contributed by atoms with Crippen LogP contribution in [-0.4, -0.2) is 5.71 Å². The number of hydrogen-bond donors (Lipinski definition) is 0. The summed E-state index contributed by atoms with van der Waals surface area (Å²) in [4.78, 5) is 6.34. The molecule has 1 aromatic heterocycles. The fourth-order valence-corrected chi connectivity index (χ4v) is 4.34. The summed E-state index contributed by atoms with van der Waals surface area (Å²) in [6.07, 6.45) is 7.83. The molecular formula is C20H22N2S. The minimum Gasteiger partial charge on any atom is -0.241 e. The van der Waals surface area contributed by atoms with Gasteiger partial charge in [-0.25, -0.2) is 4.99 Å². The lowest BCUT2D eigenvalue weighted by molar-refractivity contribution is 0.696. The molecule has 0 radical (unpaired) electrons. The lowest BCUT2D eigenvalue weighted by Crippen LogP contribution is -2.01. The summed E-state index contributed by atoms with van der Waals surface area (Å²) in [5.74, 6) is 0. The van der Waals surface area contributed by atoms with Crippen LogP contribution in [-0.2, 0) is 12.8 Å². The minimum absolute atomic E-state index is 0.828. The average Bonchev–Trinajstić information content (AvgIpc) is 2.96. The Bertz CT molecular complexity index is 735. The zero-order chi connectivity index (χ0) is 16.1. The molecule has 3 rings (SSSR count). The molecule has 0 saturated carbocycles. The summed E-state index contributed by atoms with van der Waals surface area (Å²) in [5.41, 5.74) is 4.39. The molecule has 0 atom stereocenters. The van der Waals surface area contributed by atoms with Gasteiger partial charge in [0, 0.05) is 10.6 Å². The Morgan fingerprint density at radius 1 is 1.22 bits per heavy atom. The molecule has 3 heteroatoms. The number of hydrogen-bond acceptors (Lipinski definition) is 3. The highest BCUT2D eigenvalue weighted by Gasteiger charge is 2.20. The molecule has 1 aliphatic carbocycles. The van der Waals surface area contributed by atoms with Gasteiger partial charge in [0.15, 0.2) is 0 Å². The number of benzene rings is 1. The number of nitrogens with zero attached hydrogens (tertiary/aromatic N) is 2. The van der Waals surface area contributed by atoms with Gasteiger partial charge >= 0.3 is 0 Å². The van der Waals surface area contributed by atoms with Gasteiger partial charge in [-0.1, -0.05) is 43.7 Å². The first-order valence-corrected chi connectivity index (χ1v) is 9.32. The monoisotopic (exact) mass is 322 g/mol. The van der Waals surface area contributed by atoms with E-state index in [-0.39, 0.29) is 0 Å². The van der Waals surface area contributed by atoms with E-state index in [1.165, 1.54) is 28.8 Å². The number of nitriles is 1. The normalized spacial score (nSPS) is 14.3. The summed E-state index contributed by atoms with van der Waals surface area (Å²) in [5, 5.41) is 10.5. The van der Waals surface area contributed by atoms with Gasteiger partial charge in [-0.15, -0.1) is 11.3 Å². The third-order valence-corrected chi connectivity index (χ3v) is 5.56. The van der Waals surface area contributed by atoms with E-state index in [1.54, 1.807) is 11.3 Å². The third-order valence-electron chi connectivity index (χ3n) is 4.38. The van der Waals surface area contributed by atoms with Gasteiger partial charge < -0.3 is 0 Å². The number of fused-ring (bicyclic) bond motifs is 1. The van der Waals surface area contributed by atoms with Crippen LogP contribution >= 0.6 is 11.3 Å². The molecule has 2 nitrogen and oxygen atoms in total. The van der Waals surface area contributed by atoms with Crippen molar-refractivity contribution in [3.8, 4) is 6.07 Å². The molecule has 2 aromatic rings. The maximum absolute atomic E-state index is 9.61. The van der Waals surface area contributed by atoms with Crippen LogP contribution in [0.3, 0.4) is 0 Å². The molecular weight excluding hydrogens is 300 g/mol. The Morgan fingerprint density at radius 2 is 2.00 bits per heavy atom. The molecule has 0 bridgehead atoms. The van der Waals surface area contributed by atoms with E-state index in [4.69, 9.17) is 4.99 Å². The van der Waals surface area contributed by atoms with E-state index < -0.39 is 0 Å². The highest BCUT2D eigenvalue weighted by Crippen LogP contribution is 2.39. The third kappa shape index (κ3) is 3.54. The molecule has 0 fully saturated rings. The van der Waals surface area contributed by atoms with Crippen LogP contribution in [0.5, 0.6) is 0 Å². The Labute approximate surface area is 142 Å². The lowest BCUT2D eigenvalue weighted by Gasteiger charge is -2.09. The zero-order valence-electron chi connectivity index (χ0n) is 13.6. The second-order valence-corrected chi connectivity index (χ2v) is 7.11. The van der Waals surface area contributed by atoms with E-state index >= 15 is 0 Å². The lowest BCUT2D eigenvalue weighted by atomic mass is 9.96. The largest absolute Gasteiger partial charge is 0.241 e. The summed E-state index contributed by atoms with van der Waals surface area (Å²) < 4.78 is 0. The molecule has 0 unspecified atom stereocenters. The van der Waals surface area contributed by atoms with E-state index in [9.17, 15) is 5.26 Å². The number of aryl methyl sites for hydroxylation is 1. The second kappa shape index (κ2) is 7.57. The van der Waals surface area contributed by atoms with E-state index in [0.29, 0.717) is 0 Å². The van der Waals surface area contributed by atoms with Crippen LogP contribution in [0.15, 0.2) is 35.3 Å². The van der Waals surface area contributed by atoms with Crippen molar-refractivity contribution in [1.29, 1.82) is 5.26 Å². The van der Waals surface area contributed by atoms with Crippen LogP contribution in [0.2, 0.25) is 0 Å². The Balaban J connectivity index is 2.02. The summed E-state index contributed by atoms with van der Waals surface area (Å²) in [6, 6.07) is 12.8. The molecule has 0 aliphatic heterocycles. The first kappa shape index (κ1) is 16.0. The fourth-order valence-electron chi connectivity index (χ4n) is 3.11. The molecule has 1 aliphatic rings. The predicted molar refractivity (Wildman–Crippen MR) is 97.8 cm³/mol. The molecule has 0 spiro atoms. The van der Waals surface area contributed by atoms with Crippen molar-refractivity contribution in [2.24, 2.45) is 4.99 Å². The molecule has 0 N–H and O–H groups in total. The number of rotatable bonds is 5. The summed E-state index contributed by atoms with van der Waals surface area (Å²) in [7, 11) is 0. The van der Waals surface area contributed by atoms with Gasteiger partial charge in [0.05, 0.1) is 5.56 Å². The maximum atomic E-state index is 9.61. The average molecular weight is 322 g/mol. The van der Waals surface area contributed by atoms with Crippen LogP contribution in [0.4, 0.5) is 5.00 Å². The van der Waals surface area contributed by atoms with Crippen molar-refractivity contribution in [3.05, 3.63) is 51.9 Å². The number of thiophene rings is 1. The van der Waals surface area contributed by atoms with E-state index in [1.807, 2.05) is 6.07 Å². The number of aliphatic imine (C=N–C) groups is 1. The first-order valence-electron chi connectivity index (χ1n) is 8.51. The van der Waals surface area contributed by atoms with Gasteiger partial charge in [0.25, 0.3) is 0 Å².